The fourth-order valence-corrected chi connectivity index (χ4v) is 4.32. The molecular weight excluding hydrogens is 354 g/mol. The van der Waals surface area contributed by atoms with E-state index in [9.17, 15) is 9.59 Å². The van der Waals surface area contributed by atoms with Gasteiger partial charge in [-0.15, -0.1) is 0 Å². The number of benzene rings is 1. The van der Waals surface area contributed by atoms with Crippen LogP contribution in [0, 0.1) is 5.92 Å². The van der Waals surface area contributed by atoms with Crippen molar-refractivity contribution in [3.05, 3.63) is 35.4 Å². The van der Waals surface area contributed by atoms with Crippen LogP contribution in [0.1, 0.15) is 61.4 Å². The van der Waals surface area contributed by atoms with E-state index in [4.69, 9.17) is 5.11 Å². The lowest BCUT2D eigenvalue weighted by molar-refractivity contribution is 0.0696. The highest BCUT2D eigenvalue weighted by molar-refractivity contribution is 5.87. The highest BCUT2D eigenvalue weighted by atomic mass is 16.4. The second kappa shape index (κ2) is 9.92. The minimum absolute atomic E-state index is 0.0228. The van der Waals surface area contributed by atoms with Crippen molar-refractivity contribution in [1.29, 1.82) is 0 Å². The molecule has 6 heteroatoms. The third-order valence-corrected chi connectivity index (χ3v) is 6.31. The van der Waals surface area contributed by atoms with E-state index >= 15 is 0 Å². The number of nitrogens with zero attached hydrogens (tertiary/aromatic N) is 2. The zero-order chi connectivity index (χ0) is 19.9. The van der Waals surface area contributed by atoms with Gasteiger partial charge in [0.25, 0.3) is 0 Å². The summed E-state index contributed by atoms with van der Waals surface area (Å²) in [4.78, 5) is 27.8. The summed E-state index contributed by atoms with van der Waals surface area (Å²) in [5.41, 5.74) is 1.17. The number of carbonyl (C=O) groups is 2. The minimum Gasteiger partial charge on any atom is -0.478 e. The molecule has 154 valence electrons. The van der Waals surface area contributed by atoms with E-state index in [-0.39, 0.29) is 11.6 Å². The van der Waals surface area contributed by atoms with Gasteiger partial charge in [0, 0.05) is 25.7 Å². The van der Waals surface area contributed by atoms with E-state index in [0.717, 1.165) is 43.5 Å². The maximum atomic E-state index is 12.4. The van der Waals surface area contributed by atoms with Gasteiger partial charge in [-0.2, -0.15) is 0 Å². The van der Waals surface area contributed by atoms with Gasteiger partial charge in [-0.3, -0.25) is 0 Å². The molecule has 6 nitrogen and oxygen atoms in total. The molecule has 28 heavy (non-hydrogen) atoms. The first-order valence-corrected chi connectivity index (χ1v) is 10.6. The van der Waals surface area contributed by atoms with Gasteiger partial charge >= 0.3 is 12.0 Å². The lowest BCUT2D eigenvalue weighted by Crippen LogP contribution is -2.45. The van der Waals surface area contributed by atoms with Gasteiger partial charge in [0.2, 0.25) is 0 Å². The third kappa shape index (κ3) is 5.71. The Balaban J connectivity index is 1.35. The molecule has 0 saturated carbocycles. The molecule has 3 rings (SSSR count). The summed E-state index contributed by atoms with van der Waals surface area (Å²) in [6.45, 7) is 6.86. The number of urea groups is 1. The van der Waals surface area contributed by atoms with Crippen molar-refractivity contribution in [3.8, 4) is 0 Å². The molecule has 2 aliphatic rings. The Labute approximate surface area is 167 Å². The number of carboxylic acid groups (broad SMARTS) is 1. The fourth-order valence-electron chi connectivity index (χ4n) is 4.32. The number of amides is 2. The molecule has 0 spiro atoms. The average molecular weight is 388 g/mol. The number of carbonyl (C=O) groups excluding carboxylic acids is 1. The topological polar surface area (TPSA) is 72.9 Å². The fraction of sp³-hybridized carbons (Fsp3) is 0.636. The van der Waals surface area contributed by atoms with Crippen molar-refractivity contribution >= 4 is 12.0 Å². The monoisotopic (exact) mass is 387 g/mol. The molecule has 2 N–H and O–H groups in total. The molecule has 0 bridgehead atoms. The van der Waals surface area contributed by atoms with Crippen LogP contribution in [-0.4, -0.2) is 59.1 Å². The van der Waals surface area contributed by atoms with Crippen LogP contribution in [0.15, 0.2) is 24.3 Å². The standard InChI is InChI=1S/C22H33N3O3/c1-17-4-2-3-12-24(17)13-9-18-10-14-25(15-11-18)22(28)23-16-19-5-7-20(8-6-19)21(26)27/h5-8,17-18H,2-4,9-16H2,1H3,(H,23,28)(H,26,27). The number of hydrogen-bond acceptors (Lipinski definition) is 3. The van der Waals surface area contributed by atoms with Gasteiger partial charge in [-0.05, 0) is 75.7 Å². The summed E-state index contributed by atoms with van der Waals surface area (Å²) in [5, 5.41) is 11.9. The van der Waals surface area contributed by atoms with Crippen molar-refractivity contribution in [2.75, 3.05) is 26.2 Å². The summed E-state index contributed by atoms with van der Waals surface area (Å²) in [5.74, 6) is -0.213. The van der Waals surface area contributed by atoms with Gasteiger partial charge in [0.15, 0.2) is 0 Å². The Kier molecular flexibility index (Phi) is 7.31. The summed E-state index contributed by atoms with van der Waals surface area (Å²) < 4.78 is 0. The molecule has 2 amide bonds. The Morgan fingerprint density at radius 2 is 1.79 bits per heavy atom. The minimum atomic E-state index is -0.937. The molecule has 1 aromatic rings. The normalized spacial score (nSPS) is 21.5. The number of piperidine rings is 2. The Hall–Kier alpha value is -2.08. The number of carboxylic acids is 1. The van der Waals surface area contributed by atoms with E-state index in [2.05, 4.69) is 17.1 Å². The van der Waals surface area contributed by atoms with Crippen LogP contribution in [0.4, 0.5) is 4.79 Å². The van der Waals surface area contributed by atoms with E-state index in [1.807, 2.05) is 4.90 Å². The van der Waals surface area contributed by atoms with E-state index < -0.39 is 5.97 Å². The molecule has 0 aromatic heterocycles. The highest BCUT2D eigenvalue weighted by Crippen LogP contribution is 2.23. The summed E-state index contributed by atoms with van der Waals surface area (Å²) >= 11 is 0. The summed E-state index contributed by atoms with van der Waals surface area (Å²) in [7, 11) is 0. The van der Waals surface area contributed by atoms with Crippen LogP contribution in [-0.2, 0) is 6.54 Å². The zero-order valence-electron chi connectivity index (χ0n) is 16.9. The van der Waals surface area contributed by atoms with Crippen LogP contribution < -0.4 is 5.32 Å². The van der Waals surface area contributed by atoms with Crippen LogP contribution in [0.2, 0.25) is 0 Å². The first-order chi connectivity index (χ1) is 13.5. The lowest BCUT2D eigenvalue weighted by atomic mass is 9.92. The number of nitrogens with one attached hydrogen (secondary N) is 1. The second-order valence-corrected chi connectivity index (χ2v) is 8.26. The largest absolute Gasteiger partial charge is 0.478 e. The van der Waals surface area contributed by atoms with Crippen molar-refractivity contribution in [2.24, 2.45) is 5.92 Å². The van der Waals surface area contributed by atoms with Crippen molar-refractivity contribution < 1.29 is 14.7 Å². The Morgan fingerprint density at radius 3 is 2.43 bits per heavy atom. The first-order valence-electron chi connectivity index (χ1n) is 10.6. The predicted octanol–water partition coefficient (Wildman–Crippen LogP) is 3.57. The lowest BCUT2D eigenvalue weighted by Gasteiger charge is -2.36. The zero-order valence-corrected chi connectivity index (χ0v) is 16.9. The van der Waals surface area contributed by atoms with E-state index in [0.29, 0.717) is 6.54 Å². The van der Waals surface area contributed by atoms with Gasteiger partial charge in [0.1, 0.15) is 0 Å². The maximum absolute atomic E-state index is 12.4. The number of hydrogen-bond donors (Lipinski definition) is 2. The molecule has 2 heterocycles. The average Bonchev–Trinajstić information content (AvgIpc) is 2.72. The van der Waals surface area contributed by atoms with Gasteiger partial charge < -0.3 is 20.2 Å². The number of rotatable bonds is 6. The van der Waals surface area contributed by atoms with Crippen molar-refractivity contribution in [3.63, 3.8) is 0 Å². The quantitative estimate of drug-likeness (QED) is 0.783. The molecule has 2 saturated heterocycles. The highest BCUT2D eigenvalue weighted by Gasteiger charge is 2.24. The summed E-state index contributed by atoms with van der Waals surface area (Å²) in [6, 6.07) is 7.33. The van der Waals surface area contributed by atoms with Gasteiger partial charge in [-0.1, -0.05) is 18.6 Å². The molecule has 1 atom stereocenters. The molecule has 1 unspecified atom stereocenters. The SMILES string of the molecule is CC1CCCCN1CCC1CCN(C(=O)NCc2ccc(C(=O)O)cc2)CC1. The molecular formula is C22H33N3O3. The van der Waals surface area contributed by atoms with Gasteiger partial charge in [-0.25, -0.2) is 9.59 Å². The van der Waals surface area contributed by atoms with Crippen molar-refractivity contribution in [2.45, 2.75) is 58.0 Å². The van der Waals surface area contributed by atoms with Crippen LogP contribution in [0.25, 0.3) is 0 Å². The molecule has 0 radical (unpaired) electrons. The van der Waals surface area contributed by atoms with Crippen LogP contribution in [0.3, 0.4) is 0 Å². The second-order valence-electron chi connectivity index (χ2n) is 8.26. The molecule has 0 aliphatic carbocycles. The first kappa shape index (κ1) is 20.6. The van der Waals surface area contributed by atoms with Gasteiger partial charge in [0.05, 0.1) is 5.56 Å². The number of aromatic carboxylic acids is 1. The smallest absolute Gasteiger partial charge is 0.335 e. The van der Waals surface area contributed by atoms with Crippen molar-refractivity contribution in [1.82, 2.24) is 15.1 Å². The van der Waals surface area contributed by atoms with Crippen LogP contribution in [0.5, 0.6) is 0 Å². The molecule has 2 aliphatic heterocycles. The van der Waals surface area contributed by atoms with Crippen LogP contribution >= 0.6 is 0 Å². The van der Waals surface area contributed by atoms with E-state index in [1.54, 1.807) is 24.3 Å². The molecule has 2 fully saturated rings. The third-order valence-electron chi connectivity index (χ3n) is 6.31. The maximum Gasteiger partial charge on any atom is 0.335 e. The van der Waals surface area contributed by atoms with E-state index in [1.165, 1.54) is 38.8 Å². The Bertz CT molecular complexity index is 653. The molecule has 1 aromatic carbocycles. The number of likely N-dealkylation sites (tertiary alicyclic amines) is 2. The predicted molar refractivity (Wildman–Crippen MR) is 109 cm³/mol. The Morgan fingerprint density at radius 1 is 1.07 bits per heavy atom. The summed E-state index contributed by atoms with van der Waals surface area (Å²) in [6.07, 6.45) is 7.45.